The number of halogens is 2. The normalized spacial score (nSPS) is 11.1. The van der Waals surface area contributed by atoms with Crippen LogP contribution in [0.4, 0.5) is 0 Å². The predicted octanol–water partition coefficient (Wildman–Crippen LogP) is 2.04. The number of amides is 1. The van der Waals surface area contributed by atoms with Gasteiger partial charge in [-0.25, -0.2) is 13.1 Å². The van der Waals surface area contributed by atoms with Gasteiger partial charge in [0.2, 0.25) is 5.91 Å². The van der Waals surface area contributed by atoms with Crippen LogP contribution in [0.2, 0.25) is 0 Å². The van der Waals surface area contributed by atoms with E-state index >= 15 is 0 Å². The highest BCUT2D eigenvalue weighted by atomic mass is 79.9. The minimum Gasteiger partial charge on any atom is -0.274 e. The molecule has 0 aliphatic carbocycles. The van der Waals surface area contributed by atoms with Crippen molar-refractivity contribution >= 4 is 47.8 Å². The molecular formula is C8H7Br2NO3S. The first kappa shape index (κ1) is 12.7. The van der Waals surface area contributed by atoms with Gasteiger partial charge in [0.05, 0.1) is 0 Å². The van der Waals surface area contributed by atoms with Crippen molar-refractivity contribution in [2.24, 2.45) is 0 Å². The summed E-state index contributed by atoms with van der Waals surface area (Å²) in [6, 6.07) is 4.58. The fourth-order valence-corrected chi connectivity index (χ4v) is 3.67. The van der Waals surface area contributed by atoms with E-state index in [9.17, 15) is 13.2 Å². The molecule has 7 heteroatoms. The largest absolute Gasteiger partial charge is 0.274 e. The minimum atomic E-state index is -3.77. The molecule has 0 heterocycles. The third-order valence-corrected chi connectivity index (χ3v) is 4.36. The Morgan fingerprint density at radius 2 is 1.93 bits per heavy atom. The molecular weight excluding hydrogens is 350 g/mol. The van der Waals surface area contributed by atoms with E-state index in [4.69, 9.17) is 0 Å². The lowest BCUT2D eigenvalue weighted by atomic mass is 10.4. The number of nitrogens with one attached hydrogen (secondary N) is 1. The van der Waals surface area contributed by atoms with Crippen LogP contribution in [0, 0.1) is 0 Å². The number of rotatable bonds is 2. The fraction of sp³-hybridized carbons (Fsp3) is 0.125. The zero-order chi connectivity index (χ0) is 11.6. The first-order valence-corrected chi connectivity index (χ1v) is 6.88. The Bertz CT molecular complexity index is 499. The zero-order valence-corrected chi connectivity index (χ0v) is 11.6. The quantitative estimate of drug-likeness (QED) is 0.881. The van der Waals surface area contributed by atoms with Gasteiger partial charge in [0.1, 0.15) is 4.90 Å². The maximum atomic E-state index is 11.6. The molecule has 82 valence electrons. The maximum Gasteiger partial charge on any atom is 0.265 e. The molecule has 0 aromatic heterocycles. The SMILES string of the molecule is CC(=O)NS(=O)(=O)c1ccc(Br)cc1Br. The Morgan fingerprint density at radius 1 is 1.33 bits per heavy atom. The number of hydrogen-bond donors (Lipinski definition) is 1. The second-order valence-corrected chi connectivity index (χ2v) is 6.16. The van der Waals surface area contributed by atoms with E-state index in [2.05, 4.69) is 31.9 Å². The topological polar surface area (TPSA) is 63.2 Å². The highest BCUT2D eigenvalue weighted by Crippen LogP contribution is 2.25. The van der Waals surface area contributed by atoms with E-state index in [1.54, 1.807) is 12.1 Å². The molecule has 1 aromatic carbocycles. The van der Waals surface area contributed by atoms with Crippen molar-refractivity contribution in [3.05, 3.63) is 27.1 Å². The highest BCUT2D eigenvalue weighted by Gasteiger charge is 2.18. The summed E-state index contributed by atoms with van der Waals surface area (Å²) in [7, 11) is -3.77. The Morgan fingerprint density at radius 3 is 2.40 bits per heavy atom. The third kappa shape index (κ3) is 3.29. The smallest absolute Gasteiger partial charge is 0.265 e. The van der Waals surface area contributed by atoms with Crippen molar-refractivity contribution in [2.45, 2.75) is 11.8 Å². The first-order chi connectivity index (χ1) is 6.83. The molecule has 4 nitrogen and oxygen atoms in total. The number of benzene rings is 1. The Balaban J connectivity index is 3.22. The molecule has 0 aliphatic heterocycles. The monoisotopic (exact) mass is 355 g/mol. The predicted molar refractivity (Wildman–Crippen MR) is 62.8 cm³/mol. The van der Waals surface area contributed by atoms with Crippen LogP contribution in [-0.2, 0) is 14.8 Å². The third-order valence-electron chi connectivity index (χ3n) is 1.46. The summed E-state index contributed by atoms with van der Waals surface area (Å²) in [6.07, 6.45) is 0. The van der Waals surface area contributed by atoms with E-state index in [1.165, 1.54) is 6.07 Å². The van der Waals surface area contributed by atoms with Gasteiger partial charge in [-0.2, -0.15) is 0 Å². The van der Waals surface area contributed by atoms with Gasteiger partial charge in [0.25, 0.3) is 10.0 Å². The van der Waals surface area contributed by atoms with Crippen LogP contribution in [0.5, 0.6) is 0 Å². The van der Waals surface area contributed by atoms with Gasteiger partial charge in [-0.05, 0) is 34.1 Å². The summed E-state index contributed by atoms with van der Waals surface area (Å²) in [6.45, 7) is 1.14. The van der Waals surface area contributed by atoms with Crippen molar-refractivity contribution in [1.82, 2.24) is 4.72 Å². The van der Waals surface area contributed by atoms with E-state index in [1.807, 2.05) is 4.72 Å². The lowest BCUT2D eigenvalue weighted by Crippen LogP contribution is -2.28. The number of carbonyl (C=O) groups is 1. The van der Waals surface area contributed by atoms with Gasteiger partial charge in [0, 0.05) is 15.9 Å². The fourth-order valence-electron chi connectivity index (χ4n) is 0.937. The maximum absolute atomic E-state index is 11.6. The Labute approximate surface area is 104 Å². The second kappa shape index (κ2) is 4.63. The van der Waals surface area contributed by atoms with E-state index in [0.717, 1.165) is 11.4 Å². The average Bonchev–Trinajstić information content (AvgIpc) is 1.99. The van der Waals surface area contributed by atoms with Gasteiger partial charge in [-0.1, -0.05) is 15.9 Å². The van der Waals surface area contributed by atoms with Gasteiger partial charge < -0.3 is 0 Å². The molecule has 0 atom stereocenters. The molecule has 1 aromatic rings. The summed E-state index contributed by atoms with van der Waals surface area (Å²) in [4.78, 5) is 10.7. The van der Waals surface area contributed by atoms with Gasteiger partial charge in [-0.3, -0.25) is 4.79 Å². The molecule has 0 aliphatic rings. The van der Waals surface area contributed by atoms with Crippen molar-refractivity contribution in [3.8, 4) is 0 Å². The van der Waals surface area contributed by atoms with Crippen LogP contribution in [-0.4, -0.2) is 14.3 Å². The lowest BCUT2D eigenvalue weighted by molar-refractivity contribution is -0.117. The summed E-state index contributed by atoms with van der Waals surface area (Å²) >= 11 is 6.31. The molecule has 0 unspecified atom stereocenters. The van der Waals surface area contributed by atoms with Crippen molar-refractivity contribution in [1.29, 1.82) is 0 Å². The van der Waals surface area contributed by atoms with Crippen LogP contribution in [0.1, 0.15) is 6.92 Å². The summed E-state index contributed by atoms with van der Waals surface area (Å²) < 4.78 is 26.2. The molecule has 0 bridgehead atoms. The number of hydrogen-bond acceptors (Lipinski definition) is 3. The lowest BCUT2D eigenvalue weighted by Gasteiger charge is -2.06. The van der Waals surface area contributed by atoms with Gasteiger partial charge >= 0.3 is 0 Å². The van der Waals surface area contributed by atoms with Crippen LogP contribution < -0.4 is 4.72 Å². The van der Waals surface area contributed by atoms with Crippen LogP contribution >= 0.6 is 31.9 Å². The summed E-state index contributed by atoms with van der Waals surface area (Å²) in [5.74, 6) is -0.621. The molecule has 0 spiro atoms. The van der Waals surface area contributed by atoms with E-state index < -0.39 is 15.9 Å². The molecule has 15 heavy (non-hydrogen) atoms. The molecule has 1 rings (SSSR count). The molecule has 0 saturated heterocycles. The average molecular weight is 357 g/mol. The number of carbonyl (C=O) groups excluding carboxylic acids is 1. The van der Waals surface area contributed by atoms with Gasteiger partial charge in [-0.15, -0.1) is 0 Å². The standard InChI is InChI=1S/C8H7Br2NO3S/c1-5(12)11-15(13,14)8-3-2-6(9)4-7(8)10/h2-4H,1H3,(H,11,12). The van der Waals surface area contributed by atoms with E-state index in [-0.39, 0.29) is 4.90 Å². The van der Waals surface area contributed by atoms with Crippen molar-refractivity contribution in [2.75, 3.05) is 0 Å². The van der Waals surface area contributed by atoms with Gasteiger partial charge in [0.15, 0.2) is 0 Å². The first-order valence-electron chi connectivity index (χ1n) is 3.81. The summed E-state index contributed by atoms with van der Waals surface area (Å²) in [5.41, 5.74) is 0. The van der Waals surface area contributed by atoms with Crippen LogP contribution in [0.3, 0.4) is 0 Å². The van der Waals surface area contributed by atoms with Crippen molar-refractivity contribution in [3.63, 3.8) is 0 Å². The molecule has 0 fully saturated rings. The molecule has 0 saturated carbocycles. The highest BCUT2D eigenvalue weighted by molar-refractivity contribution is 9.11. The van der Waals surface area contributed by atoms with Crippen molar-refractivity contribution < 1.29 is 13.2 Å². The van der Waals surface area contributed by atoms with E-state index in [0.29, 0.717) is 4.47 Å². The summed E-state index contributed by atoms with van der Waals surface area (Å²) in [5, 5.41) is 0. The molecule has 1 amide bonds. The Hall–Kier alpha value is -0.400. The van der Waals surface area contributed by atoms with Crippen LogP contribution in [0.25, 0.3) is 0 Å². The second-order valence-electron chi connectivity index (χ2n) is 2.74. The Kier molecular flexibility index (Phi) is 3.91. The molecule has 0 radical (unpaired) electrons. The minimum absolute atomic E-state index is 0.0286. The van der Waals surface area contributed by atoms with Crippen LogP contribution in [0.15, 0.2) is 32.0 Å². The molecule has 1 N–H and O–H groups in total. The zero-order valence-electron chi connectivity index (χ0n) is 7.62. The number of sulfonamides is 1.